The molecule has 2 rings (SSSR count). The molecule has 0 aliphatic carbocycles. The third-order valence-electron chi connectivity index (χ3n) is 2.66. The van der Waals surface area contributed by atoms with Crippen LogP contribution in [0.5, 0.6) is 0 Å². The molecule has 0 heterocycles. The smallest absolute Gasteiger partial charge is 0.0845 e. The maximum Gasteiger partial charge on any atom is 0.0845 e. The number of halogens is 3. The van der Waals surface area contributed by atoms with Gasteiger partial charge in [-0.25, -0.2) is 0 Å². The Morgan fingerprint density at radius 3 is 2.56 bits per heavy atom. The van der Waals surface area contributed by atoms with Gasteiger partial charge in [0.25, 0.3) is 0 Å². The number of hydrogen-bond donors (Lipinski definition) is 1. The van der Waals surface area contributed by atoms with Crippen molar-refractivity contribution in [3.8, 4) is 0 Å². The number of rotatable bonds is 3. The van der Waals surface area contributed by atoms with Crippen molar-refractivity contribution in [2.24, 2.45) is 0 Å². The summed E-state index contributed by atoms with van der Waals surface area (Å²) in [7, 11) is 0. The Morgan fingerprint density at radius 2 is 1.83 bits per heavy atom. The van der Waals surface area contributed by atoms with Gasteiger partial charge in [0.15, 0.2) is 0 Å². The minimum absolute atomic E-state index is 0.483. The van der Waals surface area contributed by atoms with Crippen LogP contribution < -0.4 is 0 Å². The zero-order valence-corrected chi connectivity index (χ0v) is 12.5. The maximum atomic E-state index is 10.2. The molecule has 2 aromatic carbocycles. The molecule has 4 heteroatoms. The van der Waals surface area contributed by atoms with Crippen molar-refractivity contribution in [3.05, 3.63) is 68.1 Å². The highest BCUT2D eigenvalue weighted by molar-refractivity contribution is 9.10. The molecule has 0 spiro atoms. The molecule has 0 saturated heterocycles. The second-order valence-corrected chi connectivity index (χ2v) is 5.66. The highest BCUT2D eigenvalue weighted by Gasteiger charge is 2.14. The van der Waals surface area contributed by atoms with Gasteiger partial charge in [0, 0.05) is 21.5 Å². The quantitative estimate of drug-likeness (QED) is 0.826. The van der Waals surface area contributed by atoms with Crippen LogP contribution in [0.2, 0.25) is 10.0 Å². The first-order valence-corrected chi connectivity index (χ1v) is 6.99. The van der Waals surface area contributed by atoms with Crippen molar-refractivity contribution in [2.75, 3.05) is 0 Å². The van der Waals surface area contributed by atoms with E-state index >= 15 is 0 Å². The average molecular weight is 346 g/mol. The predicted octanol–water partition coefficient (Wildman–Crippen LogP) is 5.03. The van der Waals surface area contributed by atoms with E-state index in [0.717, 1.165) is 10.0 Å². The summed E-state index contributed by atoms with van der Waals surface area (Å²) < 4.78 is 0.784. The van der Waals surface area contributed by atoms with Crippen molar-refractivity contribution in [1.82, 2.24) is 0 Å². The van der Waals surface area contributed by atoms with Crippen LogP contribution in [-0.4, -0.2) is 5.11 Å². The Hall–Kier alpha value is -0.540. The molecule has 0 radical (unpaired) electrons. The van der Waals surface area contributed by atoms with Crippen LogP contribution in [0.1, 0.15) is 17.2 Å². The third kappa shape index (κ3) is 3.27. The molecule has 0 amide bonds. The van der Waals surface area contributed by atoms with Gasteiger partial charge in [-0.05, 0) is 39.7 Å². The summed E-state index contributed by atoms with van der Waals surface area (Å²) in [6.07, 6.45) is -0.162. The van der Waals surface area contributed by atoms with Gasteiger partial charge in [-0.1, -0.05) is 47.5 Å². The predicted molar refractivity (Wildman–Crippen MR) is 79.3 cm³/mol. The van der Waals surface area contributed by atoms with Crippen molar-refractivity contribution in [1.29, 1.82) is 0 Å². The summed E-state index contributed by atoms with van der Waals surface area (Å²) in [5.41, 5.74) is 1.69. The molecule has 0 bridgehead atoms. The molecule has 1 unspecified atom stereocenters. The Bertz CT molecular complexity index is 557. The Kier molecular flexibility index (Phi) is 4.68. The van der Waals surface area contributed by atoms with Crippen LogP contribution in [0.4, 0.5) is 0 Å². The lowest BCUT2D eigenvalue weighted by Crippen LogP contribution is -2.02. The normalized spacial score (nSPS) is 12.4. The first-order chi connectivity index (χ1) is 8.58. The summed E-state index contributed by atoms with van der Waals surface area (Å²) in [6.45, 7) is 0. The molecule has 1 N–H and O–H groups in total. The van der Waals surface area contributed by atoms with E-state index in [4.69, 9.17) is 23.2 Å². The second kappa shape index (κ2) is 6.07. The number of aliphatic hydroxyl groups excluding tert-OH is 1. The number of aliphatic hydroxyl groups is 1. The van der Waals surface area contributed by atoms with E-state index in [-0.39, 0.29) is 0 Å². The third-order valence-corrected chi connectivity index (χ3v) is 4.20. The van der Waals surface area contributed by atoms with Crippen LogP contribution in [0.15, 0.2) is 46.9 Å². The van der Waals surface area contributed by atoms with Crippen molar-refractivity contribution >= 4 is 39.1 Å². The standard InChI is InChI=1S/C14H11BrCl2O/c15-12-6-2-5-11(14(12)17)13(18)8-9-3-1-4-10(16)7-9/h1-7,13,18H,8H2. The maximum absolute atomic E-state index is 10.2. The average Bonchev–Trinajstić information content (AvgIpc) is 2.32. The monoisotopic (exact) mass is 344 g/mol. The summed E-state index contributed by atoms with van der Waals surface area (Å²) >= 11 is 15.4. The minimum Gasteiger partial charge on any atom is -0.388 e. The van der Waals surface area contributed by atoms with E-state index in [9.17, 15) is 5.11 Å². The molecule has 1 nitrogen and oxygen atoms in total. The van der Waals surface area contributed by atoms with Crippen LogP contribution in [0.3, 0.4) is 0 Å². The number of hydrogen-bond acceptors (Lipinski definition) is 1. The molecule has 0 aromatic heterocycles. The van der Waals surface area contributed by atoms with Crippen LogP contribution in [-0.2, 0) is 6.42 Å². The highest BCUT2D eigenvalue weighted by Crippen LogP contribution is 2.31. The second-order valence-electron chi connectivity index (χ2n) is 3.99. The first kappa shape index (κ1) is 13.9. The van der Waals surface area contributed by atoms with Gasteiger partial charge in [0.2, 0.25) is 0 Å². The molecule has 0 aliphatic rings. The summed E-state index contributed by atoms with van der Waals surface area (Å²) in [5, 5.41) is 11.4. The van der Waals surface area contributed by atoms with Gasteiger partial charge in [-0.3, -0.25) is 0 Å². The first-order valence-electron chi connectivity index (χ1n) is 5.44. The van der Waals surface area contributed by atoms with E-state index in [1.807, 2.05) is 42.5 Å². The van der Waals surface area contributed by atoms with Gasteiger partial charge in [-0.15, -0.1) is 0 Å². The molecule has 2 aromatic rings. The van der Waals surface area contributed by atoms with E-state index in [1.165, 1.54) is 0 Å². The molecule has 0 saturated carbocycles. The highest BCUT2D eigenvalue weighted by atomic mass is 79.9. The van der Waals surface area contributed by atoms with Crippen molar-refractivity contribution < 1.29 is 5.11 Å². The van der Waals surface area contributed by atoms with Gasteiger partial charge in [-0.2, -0.15) is 0 Å². The van der Waals surface area contributed by atoms with E-state index < -0.39 is 6.10 Å². The largest absolute Gasteiger partial charge is 0.388 e. The minimum atomic E-state index is -0.645. The van der Waals surface area contributed by atoms with E-state index in [0.29, 0.717) is 22.0 Å². The Labute approximate surface area is 124 Å². The van der Waals surface area contributed by atoms with Crippen LogP contribution in [0, 0.1) is 0 Å². The topological polar surface area (TPSA) is 20.2 Å². The lowest BCUT2D eigenvalue weighted by Gasteiger charge is -2.13. The van der Waals surface area contributed by atoms with E-state index in [1.54, 1.807) is 0 Å². The van der Waals surface area contributed by atoms with Crippen molar-refractivity contribution in [3.63, 3.8) is 0 Å². The molecular weight excluding hydrogens is 335 g/mol. The zero-order chi connectivity index (χ0) is 13.1. The van der Waals surface area contributed by atoms with Crippen LogP contribution in [0.25, 0.3) is 0 Å². The fourth-order valence-corrected chi connectivity index (χ4v) is 2.62. The molecule has 18 heavy (non-hydrogen) atoms. The van der Waals surface area contributed by atoms with Gasteiger partial charge >= 0.3 is 0 Å². The molecule has 0 fully saturated rings. The fraction of sp³-hybridized carbons (Fsp3) is 0.143. The lowest BCUT2D eigenvalue weighted by atomic mass is 10.0. The van der Waals surface area contributed by atoms with Gasteiger partial charge in [0.05, 0.1) is 11.1 Å². The van der Waals surface area contributed by atoms with Crippen molar-refractivity contribution in [2.45, 2.75) is 12.5 Å². The molecule has 1 atom stereocenters. The zero-order valence-electron chi connectivity index (χ0n) is 9.41. The molecule has 0 aliphatic heterocycles. The van der Waals surface area contributed by atoms with Gasteiger partial charge in [0.1, 0.15) is 0 Å². The van der Waals surface area contributed by atoms with Gasteiger partial charge < -0.3 is 5.11 Å². The fourth-order valence-electron chi connectivity index (χ4n) is 1.77. The lowest BCUT2D eigenvalue weighted by molar-refractivity contribution is 0.178. The Morgan fingerprint density at radius 1 is 1.11 bits per heavy atom. The van der Waals surface area contributed by atoms with Crippen LogP contribution >= 0.6 is 39.1 Å². The summed E-state index contributed by atoms with van der Waals surface area (Å²) in [5.74, 6) is 0. The number of benzene rings is 2. The molecule has 94 valence electrons. The summed E-state index contributed by atoms with van der Waals surface area (Å²) in [4.78, 5) is 0. The van der Waals surface area contributed by atoms with E-state index in [2.05, 4.69) is 15.9 Å². The summed E-state index contributed by atoms with van der Waals surface area (Å²) in [6, 6.07) is 13.0. The SMILES string of the molecule is OC(Cc1cccc(Cl)c1)c1cccc(Br)c1Cl. The molecular formula is C14H11BrCl2O. The Balaban J connectivity index is 2.22.